The number of hydrogen-bond donors (Lipinski definition) is 2. The first-order valence-electron chi connectivity index (χ1n) is 11.0. The smallest absolute Gasteiger partial charge is 0.243 e. The highest BCUT2D eigenvalue weighted by Gasteiger charge is 2.35. The first-order chi connectivity index (χ1) is 17.0. The number of carbonyl (C=O) groups excluding carboxylic acids is 2. The van der Waals surface area contributed by atoms with Gasteiger partial charge in [0.2, 0.25) is 11.8 Å². The van der Waals surface area contributed by atoms with Gasteiger partial charge in [0.05, 0.1) is 25.8 Å². The summed E-state index contributed by atoms with van der Waals surface area (Å²) in [6, 6.07) is 18.3. The first-order valence-corrected chi connectivity index (χ1v) is 11.0. The fourth-order valence-corrected chi connectivity index (χ4v) is 3.74. The molecule has 0 radical (unpaired) electrons. The number of hydrogen-bond acceptors (Lipinski definition) is 6. The number of ether oxygens (including phenoxy) is 3. The summed E-state index contributed by atoms with van der Waals surface area (Å²) < 4.78 is 29.4. The van der Waals surface area contributed by atoms with Gasteiger partial charge in [0.15, 0.2) is 11.5 Å². The van der Waals surface area contributed by atoms with Crippen LogP contribution < -0.4 is 30.0 Å². The molecule has 3 aromatic carbocycles. The van der Waals surface area contributed by atoms with Gasteiger partial charge in [0, 0.05) is 24.7 Å². The second-order valence-electron chi connectivity index (χ2n) is 8.00. The van der Waals surface area contributed by atoms with E-state index in [0.717, 1.165) is 11.3 Å². The van der Waals surface area contributed by atoms with Crippen LogP contribution in [0.5, 0.6) is 17.2 Å². The molecule has 35 heavy (non-hydrogen) atoms. The van der Waals surface area contributed by atoms with E-state index in [1.807, 2.05) is 0 Å². The Labute approximate surface area is 202 Å². The molecular weight excluding hydrogens is 453 g/mol. The van der Waals surface area contributed by atoms with Crippen LogP contribution in [-0.2, 0) is 16.2 Å². The zero-order valence-corrected chi connectivity index (χ0v) is 19.4. The summed E-state index contributed by atoms with van der Waals surface area (Å²) in [4.78, 5) is 26.8. The Morgan fingerprint density at radius 3 is 2.43 bits per heavy atom. The Bertz CT molecular complexity index is 1180. The van der Waals surface area contributed by atoms with Crippen LogP contribution in [0.4, 0.5) is 15.8 Å². The fraction of sp³-hybridized carbons (Fsp3) is 0.231. The Kier molecular flexibility index (Phi) is 7.35. The summed E-state index contributed by atoms with van der Waals surface area (Å²) in [5.74, 6) is 0.473. The average molecular weight is 480 g/mol. The van der Waals surface area contributed by atoms with E-state index in [2.05, 4.69) is 10.9 Å². The van der Waals surface area contributed by atoms with Crippen LogP contribution in [0, 0.1) is 11.7 Å². The normalized spacial score (nSPS) is 15.0. The lowest BCUT2D eigenvalue weighted by molar-refractivity contribution is -0.125. The van der Waals surface area contributed by atoms with Crippen LogP contribution in [0.3, 0.4) is 0 Å². The third kappa shape index (κ3) is 5.81. The number of amides is 2. The maximum atomic E-state index is 13.1. The van der Waals surface area contributed by atoms with Gasteiger partial charge < -0.3 is 19.1 Å². The van der Waals surface area contributed by atoms with Crippen molar-refractivity contribution in [3.05, 3.63) is 78.1 Å². The van der Waals surface area contributed by atoms with Crippen molar-refractivity contribution in [3.8, 4) is 17.2 Å². The largest absolute Gasteiger partial charge is 0.497 e. The molecule has 8 nitrogen and oxygen atoms in total. The van der Waals surface area contributed by atoms with Crippen molar-refractivity contribution in [3.63, 3.8) is 0 Å². The van der Waals surface area contributed by atoms with Gasteiger partial charge in [-0.15, -0.1) is 0 Å². The van der Waals surface area contributed by atoms with Gasteiger partial charge in [0.25, 0.3) is 0 Å². The van der Waals surface area contributed by atoms with Gasteiger partial charge in [-0.25, -0.2) is 4.39 Å². The lowest BCUT2D eigenvalue weighted by Crippen LogP contribution is -2.36. The molecule has 9 heteroatoms. The van der Waals surface area contributed by atoms with Crippen molar-refractivity contribution in [1.82, 2.24) is 5.43 Å². The molecule has 1 fully saturated rings. The van der Waals surface area contributed by atoms with Crippen LogP contribution >= 0.6 is 0 Å². The minimum atomic E-state index is -0.489. The molecule has 182 valence electrons. The second kappa shape index (κ2) is 10.8. The summed E-state index contributed by atoms with van der Waals surface area (Å²) in [5.41, 5.74) is 7.65. The Morgan fingerprint density at radius 1 is 1.00 bits per heavy atom. The minimum Gasteiger partial charge on any atom is -0.497 e. The van der Waals surface area contributed by atoms with Crippen molar-refractivity contribution < 1.29 is 28.2 Å². The summed E-state index contributed by atoms with van der Waals surface area (Å²) >= 11 is 0. The minimum absolute atomic E-state index is 0.111. The number of halogens is 1. The maximum absolute atomic E-state index is 13.1. The Morgan fingerprint density at radius 2 is 1.74 bits per heavy atom. The highest BCUT2D eigenvalue weighted by molar-refractivity contribution is 6.00. The van der Waals surface area contributed by atoms with Crippen molar-refractivity contribution in [2.24, 2.45) is 5.92 Å². The predicted octanol–water partition coefficient (Wildman–Crippen LogP) is 3.92. The first kappa shape index (κ1) is 23.9. The molecule has 3 aromatic rings. The van der Waals surface area contributed by atoms with E-state index in [-0.39, 0.29) is 37.2 Å². The number of nitrogens with zero attached hydrogens (tertiary/aromatic N) is 1. The van der Waals surface area contributed by atoms with Gasteiger partial charge in [-0.3, -0.25) is 20.4 Å². The SMILES string of the molecule is COc1ccc(N2C[C@@H](C(=O)NNc3ccc(OCc4ccc(F)cc4)c(OC)c3)CC2=O)cc1. The van der Waals surface area contributed by atoms with E-state index in [1.54, 1.807) is 66.6 Å². The molecule has 4 rings (SSSR count). The summed E-state index contributed by atoms with van der Waals surface area (Å²) in [5, 5.41) is 0. The highest BCUT2D eigenvalue weighted by Crippen LogP contribution is 2.31. The zero-order valence-electron chi connectivity index (χ0n) is 19.4. The number of benzene rings is 3. The van der Waals surface area contributed by atoms with Crippen molar-refractivity contribution in [1.29, 1.82) is 0 Å². The van der Waals surface area contributed by atoms with E-state index < -0.39 is 5.92 Å². The molecular formula is C26H26FN3O5. The standard InChI is InChI=1S/C26H26FN3O5/c1-33-22-10-8-21(9-11-22)30-15-18(13-25(30)31)26(32)29-28-20-7-12-23(24(14-20)34-2)35-16-17-3-5-19(27)6-4-17/h3-12,14,18,28H,13,15-16H2,1-2H3,(H,29,32)/t18-/m0/s1. The zero-order chi connectivity index (χ0) is 24.8. The number of nitrogens with one attached hydrogen (secondary N) is 2. The molecule has 1 saturated heterocycles. The van der Waals surface area contributed by atoms with Crippen LogP contribution in [0.15, 0.2) is 66.7 Å². The third-order valence-electron chi connectivity index (χ3n) is 5.68. The van der Waals surface area contributed by atoms with Gasteiger partial charge in [-0.2, -0.15) is 0 Å². The molecule has 0 aromatic heterocycles. The summed E-state index contributed by atoms with van der Waals surface area (Å²) in [7, 11) is 3.09. The summed E-state index contributed by atoms with van der Waals surface area (Å²) in [6.45, 7) is 0.540. The molecule has 2 N–H and O–H groups in total. The second-order valence-corrected chi connectivity index (χ2v) is 8.00. The Balaban J connectivity index is 1.32. The van der Waals surface area contributed by atoms with Crippen LogP contribution in [-0.4, -0.2) is 32.6 Å². The summed E-state index contributed by atoms with van der Waals surface area (Å²) in [6.07, 6.45) is 0.124. The van der Waals surface area contributed by atoms with Crippen LogP contribution in [0.2, 0.25) is 0 Å². The lowest BCUT2D eigenvalue weighted by Gasteiger charge is -2.17. The van der Waals surface area contributed by atoms with Gasteiger partial charge in [0.1, 0.15) is 18.2 Å². The molecule has 0 saturated carbocycles. The molecule has 0 aliphatic carbocycles. The number of methoxy groups -OCH3 is 2. The molecule has 0 unspecified atom stereocenters. The topological polar surface area (TPSA) is 89.1 Å². The van der Waals surface area contributed by atoms with Crippen molar-refractivity contribution in [2.45, 2.75) is 13.0 Å². The molecule has 1 aliphatic rings. The van der Waals surface area contributed by atoms with Gasteiger partial charge >= 0.3 is 0 Å². The molecule has 1 heterocycles. The van der Waals surface area contributed by atoms with Gasteiger partial charge in [-0.1, -0.05) is 12.1 Å². The van der Waals surface area contributed by atoms with E-state index >= 15 is 0 Å². The van der Waals surface area contributed by atoms with E-state index in [0.29, 0.717) is 22.9 Å². The fourth-order valence-electron chi connectivity index (χ4n) is 3.74. The quantitative estimate of drug-likeness (QED) is 0.453. The lowest BCUT2D eigenvalue weighted by atomic mass is 10.1. The van der Waals surface area contributed by atoms with Crippen LogP contribution in [0.1, 0.15) is 12.0 Å². The number of rotatable bonds is 9. The van der Waals surface area contributed by atoms with E-state index in [9.17, 15) is 14.0 Å². The molecule has 0 spiro atoms. The van der Waals surface area contributed by atoms with E-state index in [4.69, 9.17) is 14.2 Å². The third-order valence-corrected chi connectivity index (χ3v) is 5.68. The van der Waals surface area contributed by atoms with Crippen LogP contribution in [0.25, 0.3) is 0 Å². The van der Waals surface area contributed by atoms with Crippen molar-refractivity contribution >= 4 is 23.2 Å². The molecule has 1 atom stereocenters. The number of anilines is 2. The highest BCUT2D eigenvalue weighted by atomic mass is 19.1. The molecule has 1 aliphatic heterocycles. The van der Waals surface area contributed by atoms with E-state index in [1.165, 1.54) is 19.2 Å². The number of hydrazine groups is 1. The monoisotopic (exact) mass is 479 g/mol. The van der Waals surface area contributed by atoms with Crippen molar-refractivity contribution in [2.75, 3.05) is 31.1 Å². The Hall–Kier alpha value is -4.27. The molecule has 2 amide bonds. The average Bonchev–Trinajstić information content (AvgIpc) is 3.28. The maximum Gasteiger partial charge on any atom is 0.243 e. The molecule has 0 bridgehead atoms. The number of carbonyl (C=O) groups is 2. The van der Waals surface area contributed by atoms with Gasteiger partial charge in [-0.05, 0) is 54.1 Å². The predicted molar refractivity (Wildman–Crippen MR) is 129 cm³/mol.